The Hall–Kier alpha value is -0.710. The molecule has 0 aliphatic carbocycles. The van der Waals surface area contributed by atoms with Crippen molar-refractivity contribution in [2.24, 2.45) is 0 Å². The number of rotatable bonds is 3. The second-order valence-electron chi connectivity index (χ2n) is 2.85. The molecular weight excluding hydrogens is 192 g/mol. The highest BCUT2D eigenvalue weighted by atomic mass is 32.2. The first-order chi connectivity index (χ1) is 6.06. The minimum Gasteiger partial charge on any atom is -0.413 e. The van der Waals surface area contributed by atoms with E-state index in [9.17, 15) is 9.59 Å². The minimum absolute atomic E-state index is 0.246. The van der Waals surface area contributed by atoms with E-state index in [1.54, 1.807) is 6.92 Å². The molecule has 74 valence electrons. The number of carbonyl (C=O) groups excluding carboxylic acids is 2. The van der Waals surface area contributed by atoms with Crippen LogP contribution in [0.3, 0.4) is 0 Å². The number of cyclic esters (lactones) is 1. The summed E-state index contributed by atoms with van der Waals surface area (Å²) >= 11 is 1.19. The van der Waals surface area contributed by atoms with Crippen molar-refractivity contribution in [1.82, 2.24) is 0 Å². The molecule has 1 rings (SSSR count). The third kappa shape index (κ3) is 2.91. The topological polar surface area (TPSA) is 52.6 Å². The highest BCUT2D eigenvalue weighted by Gasteiger charge is 2.40. The number of esters is 2. The van der Waals surface area contributed by atoms with Gasteiger partial charge in [0.15, 0.2) is 0 Å². The Morgan fingerprint density at radius 1 is 1.77 bits per heavy atom. The standard InChI is InChI=1S/C8H12O4S/c1-3-4-6(9)11-8(2)12-7(10)5-13-8/h3-5H2,1-2H3. The second kappa shape index (κ2) is 4.00. The van der Waals surface area contributed by atoms with Gasteiger partial charge in [0.25, 0.3) is 0 Å². The number of hydrogen-bond acceptors (Lipinski definition) is 5. The lowest BCUT2D eigenvalue weighted by Crippen LogP contribution is -2.28. The smallest absolute Gasteiger partial charge is 0.320 e. The molecule has 0 bridgehead atoms. The zero-order chi connectivity index (χ0) is 9.90. The Morgan fingerprint density at radius 2 is 2.46 bits per heavy atom. The van der Waals surface area contributed by atoms with Gasteiger partial charge in [0.2, 0.25) is 0 Å². The second-order valence-corrected chi connectivity index (χ2v) is 4.17. The Balaban J connectivity index is 2.43. The average molecular weight is 204 g/mol. The lowest BCUT2D eigenvalue weighted by atomic mass is 10.3. The molecule has 0 radical (unpaired) electrons. The third-order valence-electron chi connectivity index (χ3n) is 1.50. The summed E-state index contributed by atoms with van der Waals surface area (Å²) < 4.78 is 9.84. The zero-order valence-electron chi connectivity index (χ0n) is 7.66. The fourth-order valence-corrected chi connectivity index (χ4v) is 1.71. The SMILES string of the molecule is CCCC(=O)OC1(C)OC(=O)CS1. The summed E-state index contributed by atoms with van der Waals surface area (Å²) in [6.45, 7) is 3.47. The van der Waals surface area contributed by atoms with Crippen molar-refractivity contribution in [2.45, 2.75) is 31.8 Å². The highest BCUT2D eigenvalue weighted by Crippen LogP contribution is 2.34. The molecule has 1 fully saturated rings. The fraction of sp³-hybridized carbons (Fsp3) is 0.750. The summed E-state index contributed by atoms with van der Waals surface area (Å²) in [4.78, 5) is 21.8. The average Bonchev–Trinajstić information content (AvgIpc) is 2.30. The van der Waals surface area contributed by atoms with Gasteiger partial charge in [0.1, 0.15) is 0 Å². The first-order valence-corrected chi connectivity index (χ1v) is 5.12. The van der Waals surface area contributed by atoms with Crippen LogP contribution in [-0.4, -0.2) is 22.8 Å². The summed E-state index contributed by atoms with van der Waals surface area (Å²) in [5.74, 6) is -0.417. The minimum atomic E-state index is -1.09. The van der Waals surface area contributed by atoms with Crippen LogP contribution in [0.1, 0.15) is 26.7 Å². The first kappa shape index (κ1) is 10.4. The van der Waals surface area contributed by atoms with E-state index in [1.165, 1.54) is 11.8 Å². The van der Waals surface area contributed by atoms with Crippen LogP contribution in [0.2, 0.25) is 0 Å². The van der Waals surface area contributed by atoms with Crippen molar-refractivity contribution >= 4 is 23.7 Å². The molecule has 1 aliphatic heterocycles. The summed E-state index contributed by atoms with van der Waals surface area (Å²) in [7, 11) is 0. The van der Waals surface area contributed by atoms with Gasteiger partial charge in [-0.1, -0.05) is 18.7 Å². The molecule has 1 aliphatic rings. The zero-order valence-corrected chi connectivity index (χ0v) is 8.48. The molecule has 0 aromatic rings. The molecule has 1 heterocycles. The van der Waals surface area contributed by atoms with Crippen LogP contribution in [0, 0.1) is 0 Å². The van der Waals surface area contributed by atoms with Crippen LogP contribution in [-0.2, 0) is 19.1 Å². The molecule has 1 atom stereocenters. The van der Waals surface area contributed by atoms with E-state index in [0.29, 0.717) is 6.42 Å². The van der Waals surface area contributed by atoms with Gasteiger partial charge < -0.3 is 9.47 Å². The molecule has 0 spiro atoms. The lowest BCUT2D eigenvalue weighted by molar-refractivity contribution is -0.188. The van der Waals surface area contributed by atoms with Gasteiger partial charge in [-0.15, -0.1) is 0 Å². The highest BCUT2D eigenvalue weighted by molar-refractivity contribution is 8.01. The summed E-state index contributed by atoms with van der Waals surface area (Å²) in [5, 5.41) is -1.09. The van der Waals surface area contributed by atoms with Crippen LogP contribution in [0.5, 0.6) is 0 Å². The molecular formula is C8H12O4S. The molecule has 0 amide bonds. The van der Waals surface area contributed by atoms with Gasteiger partial charge in [-0.05, 0) is 6.42 Å². The van der Waals surface area contributed by atoms with E-state index >= 15 is 0 Å². The van der Waals surface area contributed by atoms with Gasteiger partial charge in [0, 0.05) is 13.3 Å². The normalized spacial score (nSPS) is 27.1. The number of hydrogen-bond donors (Lipinski definition) is 0. The maximum atomic E-state index is 11.1. The molecule has 0 N–H and O–H groups in total. The molecule has 0 saturated carbocycles. The molecule has 0 aromatic heterocycles. The molecule has 4 nitrogen and oxygen atoms in total. The van der Waals surface area contributed by atoms with Crippen LogP contribution in [0.15, 0.2) is 0 Å². The van der Waals surface area contributed by atoms with Crippen molar-refractivity contribution in [3.05, 3.63) is 0 Å². The summed E-state index contributed by atoms with van der Waals surface area (Å²) in [6.07, 6.45) is 1.08. The van der Waals surface area contributed by atoms with Crippen LogP contribution >= 0.6 is 11.8 Å². The monoisotopic (exact) mass is 204 g/mol. The Kier molecular flexibility index (Phi) is 3.19. The summed E-state index contributed by atoms with van der Waals surface area (Å²) in [5.41, 5.74) is 0. The van der Waals surface area contributed by atoms with Gasteiger partial charge in [0.05, 0.1) is 5.75 Å². The van der Waals surface area contributed by atoms with E-state index in [4.69, 9.17) is 9.47 Å². The molecule has 1 saturated heterocycles. The predicted octanol–water partition coefficient (Wildman–Crippen LogP) is 1.29. The summed E-state index contributed by atoms with van der Waals surface area (Å²) in [6, 6.07) is 0. The predicted molar refractivity (Wildman–Crippen MR) is 48.0 cm³/mol. The third-order valence-corrected chi connectivity index (χ3v) is 2.58. The van der Waals surface area contributed by atoms with E-state index in [1.807, 2.05) is 6.92 Å². The number of thioether (sulfide) groups is 1. The van der Waals surface area contributed by atoms with Gasteiger partial charge in [-0.25, -0.2) is 0 Å². The van der Waals surface area contributed by atoms with E-state index in [-0.39, 0.29) is 17.7 Å². The van der Waals surface area contributed by atoms with Crippen LogP contribution in [0.4, 0.5) is 0 Å². The van der Waals surface area contributed by atoms with Gasteiger partial charge >= 0.3 is 17.1 Å². The Morgan fingerprint density at radius 3 is 2.92 bits per heavy atom. The van der Waals surface area contributed by atoms with Crippen molar-refractivity contribution in [2.75, 3.05) is 5.75 Å². The maximum Gasteiger partial charge on any atom is 0.320 e. The molecule has 13 heavy (non-hydrogen) atoms. The van der Waals surface area contributed by atoms with Crippen LogP contribution < -0.4 is 0 Å². The first-order valence-electron chi connectivity index (χ1n) is 4.13. The number of carbonyl (C=O) groups is 2. The fourth-order valence-electron chi connectivity index (χ4n) is 0.968. The van der Waals surface area contributed by atoms with E-state index < -0.39 is 5.12 Å². The molecule has 5 heteroatoms. The van der Waals surface area contributed by atoms with Crippen molar-refractivity contribution in [1.29, 1.82) is 0 Å². The lowest BCUT2D eigenvalue weighted by Gasteiger charge is -2.20. The largest absolute Gasteiger partial charge is 0.413 e. The van der Waals surface area contributed by atoms with E-state index in [0.717, 1.165) is 6.42 Å². The quantitative estimate of drug-likeness (QED) is 0.648. The van der Waals surface area contributed by atoms with Crippen LogP contribution in [0.25, 0.3) is 0 Å². The van der Waals surface area contributed by atoms with Crippen molar-refractivity contribution in [3.8, 4) is 0 Å². The Labute approximate surface area is 81.0 Å². The van der Waals surface area contributed by atoms with Gasteiger partial charge in [-0.3, -0.25) is 9.59 Å². The van der Waals surface area contributed by atoms with Crippen molar-refractivity contribution < 1.29 is 19.1 Å². The van der Waals surface area contributed by atoms with Gasteiger partial charge in [-0.2, -0.15) is 0 Å². The number of ether oxygens (including phenoxy) is 2. The molecule has 0 aromatic carbocycles. The van der Waals surface area contributed by atoms with E-state index in [2.05, 4.69) is 0 Å². The molecule has 1 unspecified atom stereocenters. The van der Waals surface area contributed by atoms with Crippen molar-refractivity contribution in [3.63, 3.8) is 0 Å². The Bertz CT molecular complexity index is 228. The maximum absolute atomic E-state index is 11.1.